The van der Waals surface area contributed by atoms with Gasteiger partial charge in [-0.25, -0.2) is 14.2 Å². The summed E-state index contributed by atoms with van der Waals surface area (Å²) in [5.74, 6) is -0.00117. The first-order valence-electron chi connectivity index (χ1n) is 9.89. The fourth-order valence-corrected chi connectivity index (χ4v) is 3.61. The van der Waals surface area contributed by atoms with Crippen molar-refractivity contribution in [2.24, 2.45) is 0 Å². The van der Waals surface area contributed by atoms with Crippen LogP contribution >= 0.6 is 0 Å². The second kappa shape index (κ2) is 8.37. The van der Waals surface area contributed by atoms with Crippen LogP contribution in [-0.4, -0.2) is 45.2 Å². The molecule has 0 fully saturated rings. The Balaban J connectivity index is 1.67. The summed E-state index contributed by atoms with van der Waals surface area (Å²) in [7, 11) is 0. The van der Waals surface area contributed by atoms with Crippen LogP contribution in [0.25, 0.3) is 10.9 Å². The molecule has 30 heavy (non-hydrogen) atoms. The predicted molar refractivity (Wildman–Crippen MR) is 110 cm³/mol. The Morgan fingerprint density at radius 2 is 2.17 bits per heavy atom. The van der Waals surface area contributed by atoms with Gasteiger partial charge in [0.25, 0.3) is 0 Å². The average molecular weight is 413 g/mol. The zero-order chi connectivity index (χ0) is 21.3. The Labute approximate surface area is 173 Å². The van der Waals surface area contributed by atoms with E-state index in [1.807, 2.05) is 11.6 Å². The van der Waals surface area contributed by atoms with Crippen LogP contribution in [0.2, 0.25) is 0 Å². The lowest BCUT2D eigenvalue weighted by atomic mass is 10.1. The molecule has 0 saturated heterocycles. The lowest BCUT2D eigenvalue weighted by Gasteiger charge is -2.22. The SMILES string of the molecule is CCn1ncc2cc3nc(c21)C[C@H](O)COC[C@H](c1ccc(C)c(F)c1)NC(=O)N3. The lowest BCUT2D eigenvalue weighted by Crippen LogP contribution is -2.36. The molecule has 2 bridgehead atoms. The van der Waals surface area contributed by atoms with E-state index in [0.29, 0.717) is 29.2 Å². The molecule has 0 unspecified atom stereocenters. The number of aromatic nitrogens is 3. The zero-order valence-corrected chi connectivity index (χ0v) is 16.9. The maximum absolute atomic E-state index is 14.0. The van der Waals surface area contributed by atoms with Crippen LogP contribution in [-0.2, 0) is 17.7 Å². The van der Waals surface area contributed by atoms with E-state index in [0.717, 1.165) is 10.9 Å². The van der Waals surface area contributed by atoms with E-state index in [2.05, 4.69) is 20.7 Å². The minimum Gasteiger partial charge on any atom is -0.390 e. The number of carbonyl (C=O) groups is 1. The Kier molecular flexibility index (Phi) is 5.65. The fraction of sp³-hybridized carbons (Fsp3) is 0.381. The van der Waals surface area contributed by atoms with Crippen molar-refractivity contribution >= 4 is 22.8 Å². The van der Waals surface area contributed by atoms with Gasteiger partial charge in [0.05, 0.1) is 42.8 Å². The van der Waals surface area contributed by atoms with Crippen molar-refractivity contribution < 1.29 is 19.0 Å². The smallest absolute Gasteiger partial charge is 0.320 e. The van der Waals surface area contributed by atoms with Crippen molar-refractivity contribution in [1.29, 1.82) is 0 Å². The van der Waals surface area contributed by atoms with E-state index in [1.165, 1.54) is 6.07 Å². The van der Waals surface area contributed by atoms with Gasteiger partial charge in [-0.3, -0.25) is 10.00 Å². The number of halogens is 1. The Morgan fingerprint density at radius 1 is 1.33 bits per heavy atom. The van der Waals surface area contributed by atoms with Gasteiger partial charge in [-0.2, -0.15) is 5.10 Å². The number of fused-ring (bicyclic) bond motifs is 4. The summed E-state index contributed by atoms with van der Waals surface area (Å²) in [6, 6.07) is 5.46. The van der Waals surface area contributed by atoms with Gasteiger partial charge in [0.15, 0.2) is 0 Å². The molecule has 1 aliphatic heterocycles. The molecule has 3 heterocycles. The molecule has 1 aliphatic rings. The summed E-state index contributed by atoms with van der Waals surface area (Å²) in [5.41, 5.74) is 2.56. The number of benzene rings is 1. The van der Waals surface area contributed by atoms with Crippen LogP contribution in [0, 0.1) is 12.7 Å². The first-order valence-corrected chi connectivity index (χ1v) is 9.89. The molecule has 0 radical (unpaired) electrons. The van der Waals surface area contributed by atoms with Gasteiger partial charge in [-0.1, -0.05) is 12.1 Å². The van der Waals surface area contributed by atoms with Crippen molar-refractivity contribution in [2.75, 3.05) is 18.5 Å². The molecule has 2 amide bonds. The molecular weight excluding hydrogens is 389 g/mol. The third kappa shape index (κ3) is 4.12. The second-order valence-electron chi connectivity index (χ2n) is 7.41. The van der Waals surface area contributed by atoms with Crippen LogP contribution < -0.4 is 10.6 Å². The number of aliphatic hydroxyl groups excluding tert-OH is 1. The van der Waals surface area contributed by atoms with E-state index >= 15 is 0 Å². The Morgan fingerprint density at radius 3 is 2.93 bits per heavy atom. The van der Waals surface area contributed by atoms with E-state index in [9.17, 15) is 14.3 Å². The molecule has 0 spiro atoms. The predicted octanol–water partition coefficient (Wildman–Crippen LogP) is 2.70. The Hall–Kier alpha value is -3.04. The van der Waals surface area contributed by atoms with Crippen LogP contribution in [0.3, 0.4) is 0 Å². The minimum atomic E-state index is -0.790. The van der Waals surface area contributed by atoms with Gasteiger partial charge in [0.1, 0.15) is 11.6 Å². The van der Waals surface area contributed by atoms with E-state index in [1.54, 1.807) is 31.3 Å². The lowest BCUT2D eigenvalue weighted by molar-refractivity contribution is 0.0283. The highest BCUT2D eigenvalue weighted by molar-refractivity contribution is 5.92. The largest absolute Gasteiger partial charge is 0.390 e. The summed E-state index contributed by atoms with van der Waals surface area (Å²) < 4.78 is 21.5. The quantitative estimate of drug-likeness (QED) is 0.600. The first kappa shape index (κ1) is 20.2. The van der Waals surface area contributed by atoms with Crippen LogP contribution in [0.1, 0.15) is 29.8 Å². The monoisotopic (exact) mass is 413 g/mol. The molecular formula is C21H24FN5O3. The number of nitrogens with one attached hydrogen (secondary N) is 2. The van der Waals surface area contributed by atoms with Crippen molar-refractivity contribution in [2.45, 2.75) is 39.0 Å². The maximum atomic E-state index is 14.0. The number of amides is 2. The van der Waals surface area contributed by atoms with E-state index < -0.39 is 18.2 Å². The molecule has 2 atom stereocenters. The Bertz CT molecular complexity index is 1080. The summed E-state index contributed by atoms with van der Waals surface area (Å²) in [5, 5.41) is 21.2. The second-order valence-corrected chi connectivity index (χ2v) is 7.41. The minimum absolute atomic E-state index is 0.0573. The van der Waals surface area contributed by atoms with Gasteiger partial charge in [0.2, 0.25) is 0 Å². The number of aryl methyl sites for hydroxylation is 2. The molecule has 2 aromatic heterocycles. The fourth-order valence-electron chi connectivity index (χ4n) is 3.61. The van der Waals surface area contributed by atoms with Crippen molar-refractivity contribution in [3.8, 4) is 0 Å². The van der Waals surface area contributed by atoms with Gasteiger partial charge < -0.3 is 15.2 Å². The molecule has 8 nitrogen and oxygen atoms in total. The zero-order valence-electron chi connectivity index (χ0n) is 16.9. The normalized spacial score (nSPS) is 20.2. The molecule has 0 aliphatic carbocycles. The maximum Gasteiger partial charge on any atom is 0.320 e. The summed E-state index contributed by atoms with van der Waals surface area (Å²) >= 11 is 0. The van der Waals surface area contributed by atoms with Crippen LogP contribution in [0.4, 0.5) is 15.0 Å². The van der Waals surface area contributed by atoms with Crippen molar-refractivity contribution in [3.63, 3.8) is 0 Å². The number of anilines is 1. The third-order valence-electron chi connectivity index (χ3n) is 5.16. The van der Waals surface area contributed by atoms with Crippen molar-refractivity contribution in [3.05, 3.63) is 53.1 Å². The van der Waals surface area contributed by atoms with E-state index in [4.69, 9.17) is 4.74 Å². The number of rotatable bonds is 2. The first-order chi connectivity index (χ1) is 14.4. The van der Waals surface area contributed by atoms with Crippen LogP contribution in [0.15, 0.2) is 30.5 Å². The number of nitrogens with zero attached hydrogens (tertiary/aromatic N) is 3. The van der Waals surface area contributed by atoms with E-state index in [-0.39, 0.29) is 25.5 Å². The van der Waals surface area contributed by atoms with Gasteiger partial charge in [-0.15, -0.1) is 0 Å². The summed E-state index contributed by atoms with van der Waals surface area (Å²) in [6.07, 6.45) is 1.17. The highest BCUT2D eigenvalue weighted by atomic mass is 19.1. The third-order valence-corrected chi connectivity index (χ3v) is 5.16. The standard InChI is InChI=1S/C21H24FN5O3/c1-3-27-20-14(9-23-27)7-19-24-17(20)8-15(28)10-30-11-18(25-21(29)26-19)13-5-4-12(2)16(22)6-13/h4-7,9,15,18,28H,3,8,10-11H2,1-2H3,(H2,24,25,26,29)/t15-,18+/m0/s1. The molecule has 3 N–H and O–H groups in total. The van der Waals surface area contributed by atoms with Gasteiger partial charge in [-0.05, 0) is 37.1 Å². The molecule has 158 valence electrons. The number of carbonyl (C=O) groups excluding carboxylic acids is 1. The number of aliphatic hydroxyl groups is 1. The molecule has 4 rings (SSSR count). The van der Waals surface area contributed by atoms with Gasteiger partial charge >= 0.3 is 6.03 Å². The average Bonchev–Trinajstić information content (AvgIpc) is 3.12. The number of hydrogen-bond donors (Lipinski definition) is 3. The number of ether oxygens (including phenoxy) is 1. The molecule has 3 aromatic rings. The summed E-state index contributed by atoms with van der Waals surface area (Å²) in [4.78, 5) is 17.2. The topological polar surface area (TPSA) is 101 Å². The highest BCUT2D eigenvalue weighted by Gasteiger charge is 2.21. The van der Waals surface area contributed by atoms with Gasteiger partial charge in [0, 0.05) is 18.4 Å². The molecule has 0 saturated carbocycles. The van der Waals surface area contributed by atoms with Crippen LogP contribution in [0.5, 0.6) is 0 Å². The number of urea groups is 1. The summed E-state index contributed by atoms with van der Waals surface area (Å²) in [6.45, 7) is 4.46. The highest BCUT2D eigenvalue weighted by Crippen LogP contribution is 2.24. The number of pyridine rings is 1. The van der Waals surface area contributed by atoms with Crippen molar-refractivity contribution in [1.82, 2.24) is 20.1 Å². The molecule has 1 aromatic carbocycles. The number of hydrogen-bond acceptors (Lipinski definition) is 5. The molecule has 9 heteroatoms.